The molecule has 6 nitrogen and oxygen atoms in total. The Morgan fingerprint density at radius 3 is 2.71 bits per heavy atom. The Morgan fingerprint density at radius 1 is 1.33 bits per heavy atom. The van der Waals surface area contributed by atoms with Gasteiger partial charge < -0.3 is 0 Å². The third-order valence-corrected chi connectivity index (χ3v) is 4.89. The van der Waals surface area contributed by atoms with Crippen molar-refractivity contribution in [2.45, 2.75) is 18.0 Å². The molecule has 21 heavy (non-hydrogen) atoms. The summed E-state index contributed by atoms with van der Waals surface area (Å²) in [5, 5.41) is 1.64. The second-order valence-corrected chi connectivity index (χ2v) is 7.65. The first-order valence-corrected chi connectivity index (χ1v) is 9.15. The van der Waals surface area contributed by atoms with Crippen molar-refractivity contribution in [3.05, 3.63) is 23.6 Å². The molecule has 2 aromatic rings. The summed E-state index contributed by atoms with van der Waals surface area (Å²) in [7, 11) is -3.54. The van der Waals surface area contributed by atoms with Crippen molar-refractivity contribution in [2.24, 2.45) is 0 Å². The summed E-state index contributed by atoms with van der Waals surface area (Å²) in [6, 6.07) is 5.39. The summed E-state index contributed by atoms with van der Waals surface area (Å²) >= 11 is 1.46. The first-order valence-electron chi connectivity index (χ1n) is 6.38. The van der Waals surface area contributed by atoms with Crippen LogP contribution in [-0.2, 0) is 14.6 Å². The molecule has 8 heteroatoms. The molecule has 0 spiro atoms. The van der Waals surface area contributed by atoms with Gasteiger partial charge in [-0.3, -0.25) is 9.69 Å². The van der Waals surface area contributed by atoms with Gasteiger partial charge in [0.05, 0.1) is 10.6 Å². The van der Waals surface area contributed by atoms with Crippen LogP contribution in [-0.4, -0.2) is 37.1 Å². The van der Waals surface area contributed by atoms with E-state index in [1.807, 2.05) is 17.5 Å². The molecule has 0 saturated carbocycles. The molecule has 3 rings (SSSR count). The Kier molecular flexibility index (Phi) is 3.50. The topological polar surface area (TPSA) is 80.2 Å². The van der Waals surface area contributed by atoms with Crippen molar-refractivity contribution in [3.8, 4) is 10.6 Å². The molecule has 0 atom stereocenters. The fourth-order valence-corrected chi connectivity index (χ4v) is 3.37. The highest BCUT2D eigenvalue weighted by Gasteiger charge is 2.25. The molecule has 1 saturated heterocycles. The number of carbonyl (C=O) groups is 1. The van der Waals surface area contributed by atoms with E-state index in [0.29, 0.717) is 24.5 Å². The van der Waals surface area contributed by atoms with Crippen molar-refractivity contribution < 1.29 is 13.2 Å². The Balaban J connectivity index is 2.16. The lowest BCUT2D eigenvalue weighted by Crippen LogP contribution is -2.25. The maximum absolute atomic E-state index is 11.9. The summed E-state index contributed by atoms with van der Waals surface area (Å²) in [6.07, 6.45) is 2.29. The Morgan fingerprint density at radius 2 is 2.14 bits per heavy atom. The lowest BCUT2D eigenvalue weighted by molar-refractivity contribution is -0.117. The molecule has 0 N–H and O–H groups in total. The van der Waals surface area contributed by atoms with Crippen molar-refractivity contribution in [2.75, 3.05) is 17.7 Å². The monoisotopic (exact) mass is 323 g/mol. The fourth-order valence-electron chi connectivity index (χ4n) is 2.16. The number of thiophene rings is 1. The van der Waals surface area contributed by atoms with E-state index < -0.39 is 9.84 Å². The third kappa shape index (κ3) is 2.81. The fraction of sp³-hybridized carbons (Fsp3) is 0.308. The van der Waals surface area contributed by atoms with Crippen LogP contribution in [0.5, 0.6) is 0 Å². The molecule has 0 radical (unpaired) electrons. The molecule has 1 fully saturated rings. The smallest absolute Gasteiger partial charge is 0.249 e. The van der Waals surface area contributed by atoms with Crippen LogP contribution in [0.1, 0.15) is 12.8 Å². The molecule has 1 amide bonds. The molecule has 1 aliphatic rings. The van der Waals surface area contributed by atoms with Gasteiger partial charge in [0.1, 0.15) is 5.82 Å². The minimum Gasteiger partial charge on any atom is -0.297 e. The molecule has 0 bridgehead atoms. The number of nitrogens with zero attached hydrogens (tertiary/aromatic N) is 3. The normalized spacial score (nSPS) is 15.7. The van der Waals surface area contributed by atoms with Gasteiger partial charge in [-0.1, -0.05) is 6.07 Å². The van der Waals surface area contributed by atoms with E-state index >= 15 is 0 Å². The molecule has 0 unspecified atom stereocenters. The van der Waals surface area contributed by atoms with Gasteiger partial charge in [0, 0.05) is 25.3 Å². The molecule has 1 aliphatic heterocycles. The van der Waals surface area contributed by atoms with E-state index in [4.69, 9.17) is 0 Å². The number of carbonyl (C=O) groups excluding carboxylic acids is 1. The summed E-state index contributed by atoms with van der Waals surface area (Å²) < 4.78 is 23.6. The van der Waals surface area contributed by atoms with Crippen LogP contribution in [0.2, 0.25) is 0 Å². The van der Waals surface area contributed by atoms with Crippen LogP contribution < -0.4 is 4.90 Å². The van der Waals surface area contributed by atoms with Gasteiger partial charge in [-0.25, -0.2) is 18.4 Å². The number of rotatable bonds is 3. The van der Waals surface area contributed by atoms with Crippen molar-refractivity contribution in [1.29, 1.82) is 0 Å². The molecule has 3 heterocycles. The van der Waals surface area contributed by atoms with E-state index in [9.17, 15) is 13.2 Å². The molecule has 110 valence electrons. The van der Waals surface area contributed by atoms with Gasteiger partial charge in [-0.15, -0.1) is 11.3 Å². The second-order valence-electron chi connectivity index (χ2n) is 4.79. The average molecular weight is 323 g/mol. The molecule has 0 aliphatic carbocycles. The van der Waals surface area contributed by atoms with Crippen LogP contribution >= 0.6 is 11.3 Å². The van der Waals surface area contributed by atoms with Crippen LogP contribution in [0.4, 0.5) is 5.82 Å². The Hall–Kier alpha value is -1.80. The maximum Gasteiger partial charge on any atom is 0.249 e. The summed E-state index contributed by atoms with van der Waals surface area (Å²) in [4.78, 5) is 22.4. The van der Waals surface area contributed by atoms with E-state index in [2.05, 4.69) is 9.97 Å². The average Bonchev–Trinajstić information content (AvgIpc) is 3.08. The van der Waals surface area contributed by atoms with Gasteiger partial charge in [-0.2, -0.15) is 0 Å². The zero-order valence-electron chi connectivity index (χ0n) is 11.3. The van der Waals surface area contributed by atoms with E-state index in [-0.39, 0.29) is 11.1 Å². The summed E-state index contributed by atoms with van der Waals surface area (Å²) in [5.74, 6) is 0.321. The lowest BCUT2D eigenvalue weighted by Gasteiger charge is -2.15. The standard InChI is InChI=1S/C13H13N3O3S2/c1-21(18,19)13-14-9(10-4-3-7-20-10)8-11(15-13)16-6-2-5-12(16)17/h3-4,7-8H,2,5-6H2,1H3. The lowest BCUT2D eigenvalue weighted by atomic mass is 10.3. The van der Waals surface area contributed by atoms with Crippen LogP contribution in [0, 0.1) is 0 Å². The number of aromatic nitrogens is 2. The van der Waals surface area contributed by atoms with E-state index in [1.165, 1.54) is 16.2 Å². The Labute approximate surface area is 126 Å². The van der Waals surface area contributed by atoms with Gasteiger partial charge in [0.15, 0.2) is 0 Å². The van der Waals surface area contributed by atoms with Gasteiger partial charge in [0.25, 0.3) is 0 Å². The Bertz CT molecular complexity index is 785. The largest absolute Gasteiger partial charge is 0.297 e. The zero-order chi connectivity index (χ0) is 15.0. The predicted octanol–water partition coefficient (Wildman–Crippen LogP) is 1.74. The zero-order valence-corrected chi connectivity index (χ0v) is 12.9. The SMILES string of the molecule is CS(=O)(=O)c1nc(-c2cccs2)cc(N2CCCC2=O)n1. The van der Waals surface area contributed by atoms with Crippen molar-refractivity contribution in [3.63, 3.8) is 0 Å². The minimum atomic E-state index is -3.54. The maximum atomic E-state index is 11.9. The molecular formula is C13H13N3O3S2. The van der Waals surface area contributed by atoms with Crippen LogP contribution in [0.3, 0.4) is 0 Å². The molecular weight excluding hydrogens is 310 g/mol. The molecule has 2 aromatic heterocycles. The number of hydrogen-bond donors (Lipinski definition) is 0. The first-order chi connectivity index (χ1) is 9.95. The van der Waals surface area contributed by atoms with Crippen LogP contribution in [0.15, 0.2) is 28.7 Å². The highest BCUT2D eigenvalue weighted by Crippen LogP contribution is 2.28. The summed E-state index contributed by atoms with van der Waals surface area (Å²) in [5.41, 5.74) is 0.523. The van der Waals surface area contributed by atoms with Gasteiger partial charge in [0.2, 0.25) is 20.9 Å². The second kappa shape index (κ2) is 5.19. The highest BCUT2D eigenvalue weighted by atomic mass is 32.2. The number of anilines is 1. The van der Waals surface area contributed by atoms with Crippen molar-refractivity contribution >= 4 is 32.9 Å². The van der Waals surface area contributed by atoms with Crippen LogP contribution in [0.25, 0.3) is 10.6 Å². The van der Waals surface area contributed by atoms with Crippen molar-refractivity contribution in [1.82, 2.24) is 9.97 Å². The number of hydrogen-bond acceptors (Lipinski definition) is 6. The third-order valence-electron chi connectivity index (χ3n) is 3.15. The quantitative estimate of drug-likeness (QED) is 0.804. The summed E-state index contributed by atoms with van der Waals surface area (Å²) in [6.45, 7) is 0.558. The minimum absolute atomic E-state index is 0.0368. The first kappa shape index (κ1) is 14.2. The number of amides is 1. The van der Waals surface area contributed by atoms with E-state index in [0.717, 1.165) is 17.6 Å². The number of sulfone groups is 1. The van der Waals surface area contributed by atoms with Gasteiger partial charge in [-0.05, 0) is 17.9 Å². The van der Waals surface area contributed by atoms with Gasteiger partial charge >= 0.3 is 0 Å². The predicted molar refractivity (Wildman–Crippen MR) is 80.0 cm³/mol. The highest BCUT2D eigenvalue weighted by molar-refractivity contribution is 7.90. The molecule has 0 aromatic carbocycles. The van der Waals surface area contributed by atoms with E-state index in [1.54, 1.807) is 6.07 Å².